The van der Waals surface area contributed by atoms with E-state index >= 15 is 0 Å². The number of carbonyl (C=O) groups excluding carboxylic acids is 1. The SMILES string of the molecule is Cc1cccc(NC(=O)/C(C#N)=C\c2cc(I)c(OCC#N)c(I)c2)c1. The van der Waals surface area contributed by atoms with Crippen LogP contribution in [0.4, 0.5) is 5.69 Å². The average molecular weight is 569 g/mol. The van der Waals surface area contributed by atoms with Crippen LogP contribution in [0.25, 0.3) is 6.08 Å². The molecular weight excluding hydrogens is 556 g/mol. The minimum Gasteiger partial charge on any atom is -0.477 e. The highest BCUT2D eigenvalue weighted by Crippen LogP contribution is 2.29. The number of anilines is 1. The Bertz CT molecular complexity index is 933. The smallest absolute Gasteiger partial charge is 0.266 e. The van der Waals surface area contributed by atoms with Gasteiger partial charge in [-0.2, -0.15) is 10.5 Å². The maximum atomic E-state index is 12.4. The first-order valence-corrected chi connectivity index (χ1v) is 9.59. The van der Waals surface area contributed by atoms with Gasteiger partial charge >= 0.3 is 0 Å². The summed E-state index contributed by atoms with van der Waals surface area (Å²) < 4.78 is 7.00. The van der Waals surface area contributed by atoms with Crippen LogP contribution in [0.2, 0.25) is 0 Å². The molecule has 130 valence electrons. The Hall–Kier alpha value is -2.11. The second-order valence-corrected chi connectivity index (χ2v) is 7.58. The predicted molar refractivity (Wildman–Crippen MR) is 116 cm³/mol. The summed E-state index contributed by atoms with van der Waals surface area (Å²) in [6.07, 6.45) is 1.53. The van der Waals surface area contributed by atoms with Gasteiger partial charge in [-0.15, -0.1) is 0 Å². The number of nitrogens with zero attached hydrogens (tertiary/aromatic N) is 2. The van der Waals surface area contributed by atoms with Crippen molar-refractivity contribution in [2.45, 2.75) is 6.92 Å². The molecule has 26 heavy (non-hydrogen) atoms. The molecule has 0 aromatic heterocycles. The van der Waals surface area contributed by atoms with Crippen LogP contribution >= 0.6 is 45.2 Å². The van der Waals surface area contributed by atoms with Crippen LogP contribution in [-0.4, -0.2) is 12.5 Å². The van der Waals surface area contributed by atoms with Gasteiger partial charge in [-0.25, -0.2) is 0 Å². The lowest BCUT2D eigenvalue weighted by atomic mass is 10.1. The second-order valence-electron chi connectivity index (χ2n) is 5.25. The summed E-state index contributed by atoms with van der Waals surface area (Å²) in [6.45, 7) is 1.89. The molecule has 2 rings (SSSR count). The molecular formula is C19H13I2N3O2. The summed E-state index contributed by atoms with van der Waals surface area (Å²) in [4.78, 5) is 12.4. The number of amides is 1. The van der Waals surface area contributed by atoms with Crippen LogP contribution in [0.3, 0.4) is 0 Å². The van der Waals surface area contributed by atoms with Gasteiger partial charge < -0.3 is 10.1 Å². The zero-order valence-corrected chi connectivity index (χ0v) is 18.0. The lowest BCUT2D eigenvalue weighted by Gasteiger charge is -2.09. The van der Waals surface area contributed by atoms with E-state index in [0.29, 0.717) is 17.0 Å². The van der Waals surface area contributed by atoms with Crippen LogP contribution in [0.5, 0.6) is 5.75 Å². The molecule has 0 saturated carbocycles. The van der Waals surface area contributed by atoms with E-state index in [-0.39, 0.29) is 12.2 Å². The van der Waals surface area contributed by atoms with Crippen molar-refractivity contribution >= 4 is 62.9 Å². The van der Waals surface area contributed by atoms with E-state index in [4.69, 9.17) is 10.00 Å². The van der Waals surface area contributed by atoms with Crippen LogP contribution in [-0.2, 0) is 4.79 Å². The van der Waals surface area contributed by atoms with E-state index in [2.05, 4.69) is 50.5 Å². The molecule has 0 saturated heterocycles. The Kier molecular flexibility index (Phi) is 7.42. The summed E-state index contributed by atoms with van der Waals surface area (Å²) in [5.41, 5.74) is 2.37. The highest BCUT2D eigenvalue weighted by molar-refractivity contribution is 14.1. The number of benzene rings is 2. The maximum Gasteiger partial charge on any atom is 0.266 e. The van der Waals surface area contributed by atoms with E-state index < -0.39 is 5.91 Å². The summed E-state index contributed by atoms with van der Waals surface area (Å²) in [5, 5.41) is 20.7. The Morgan fingerprint density at radius 2 is 1.92 bits per heavy atom. The molecule has 2 aromatic rings. The van der Waals surface area contributed by atoms with Crippen LogP contribution in [0.15, 0.2) is 42.0 Å². The van der Waals surface area contributed by atoms with Crippen molar-refractivity contribution in [1.29, 1.82) is 10.5 Å². The van der Waals surface area contributed by atoms with Gasteiger partial charge in [-0.05, 0) is 93.6 Å². The molecule has 0 spiro atoms. The molecule has 7 heteroatoms. The molecule has 5 nitrogen and oxygen atoms in total. The summed E-state index contributed by atoms with van der Waals surface area (Å²) in [5.74, 6) is 0.153. The first kappa shape index (κ1) is 20.2. The van der Waals surface area contributed by atoms with E-state index in [1.54, 1.807) is 18.2 Å². The Morgan fingerprint density at radius 1 is 1.23 bits per heavy atom. The molecule has 0 aliphatic heterocycles. The molecule has 0 fully saturated rings. The van der Waals surface area contributed by atoms with Gasteiger partial charge in [0.1, 0.15) is 23.5 Å². The van der Waals surface area contributed by atoms with E-state index in [9.17, 15) is 10.1 Å². The minimum absolute atomic E-state index is 0.00352. The number of carbonyl (C=O) groups is 1. The Labute approximate surface area is 178 Å². The van der Waals surface area contributed by atoms with Gasteiger partial charge in [0.25, 0.3) is 5.91 Å². The van der Waals surface area contributed by atoms with Crippen molar-refractivity contribution in [2.75, 3.05) is 11.9 Å². The van der Waals surface area contributed by atoms with Crippen molar-refractivity contribution in [3.8, 4) is 17.9 Å². The van der Waals surface area contributed by atoms with Crippen molar-refractivity contribution in [2.24, 2.45) is 0 Å². The fourth-order valence-corrected chi connectivity index (χ4v) is 4.27. The number of hydrogen-bond acceptors (Lipinski definition) is 4. The van der Waals surface area contributed by atoms with Gasteiger partial charge in [0.05, 0.1) is 7.14 Å². The van der Waals surface area contributed by atoms with Crippen molar-refractivity contribution < 1.29 is 9.53 Å². The number of nitriles is 2. The molecule has 1 N–H and O–H groups in total. The molecule has 1 amide bonds. The number of hydrogen-bond donors (Lipinski definition) is 1. The summed E-state index contributed by atoms with van der Waals surface area (Å²) >= 11 is 4.20. The van der Waals surface area contributed by atoms with Crippen LogP contribution < -0.4 is 10.1 Å². The number of nitrogens with one attached hydrogen (secondary N) is 1. The number of ether oxygens (including phenoxy) is 1. The molecule has 0 aliphatic rings. The second kappa shape index (κ2) is 9.55. The number of rotatable bonds is 5. The normalized spacial score (nSPS) is 10.6. The summed E-state index contributed by atoms with van der Waals surface area (Å²) in [6, 6.07) is 14.8. The lowest BCUT2D eigenvalue weighted by Crippen LogP contribution is -2.13. The van der Waals surface area contributed by atoms with Gasteiger partial charge in [0, 0.05) is 5.69 Å². The van der Waals surface area contributed by atoms with Gasteiger partial charge in [-0.1, -0.05) is 12.1 Å². The third-order valence-electron chi connectivity index (χ3n) is 3.25. The topological polar surface area (TPSA) is 85.9 Å². The Morgan fingerprint density at radius 3 is 2.50 bits per heavy atom. The molecule has 2 aromatic carbocycles. The van der Waals surface area contributed by atoms with Crippen molar-refractivity contribution in [3.63, 3.8) is 0 Å². The number of aryl methyl sites for hydroxylation is 1. The summed E-state index contributed by atoms with van der Waals surface area (Å²) in [7, 11) is 0. The fraction of sp³-hybridized carbons (Fsp3) is 0.105. The van der Waals surface area contributed by atoms with Gasteiger partial charge in [0.15, 0.2) is 6.61 Å². The monoisotopic (exact) mass is 569 g/mol. The molecule has 0 aliphatic carbocycles. The van der Waals surface area contributed by atoms with Crippen LogP contribution in [0, 0.1) is 36.7 Å². The third kappa shape index (κ3) is 5.44. The van der Waals surface area contributed by atoms with Gasteiger partial charge in [0.2, 0.25) is 0 Å². The lowest BCUT2D eigenvalue weighted by molar-refractivity contribution is -0.112. The minimum atomic E-state index is -0.465. The van der Waals surface area contributed by atoms with Crippen LogP contribution in [0.1, 0.15) is 11.1 Å². The first-order valence-electron chi connectivity index (χ1n) is 7.43. The average Bonchev–Trinajstić information content (AvgIpc) is 2.59. The quantitative estimate of drug-likeness (QED) is 0.323. The number of halogens is 2. The standard InChI is InChI=1S/C19H13I2N3O2/c1-12-3-2-4-15(7-12)24-19(25)14(11-23)8-13-9-16(20)18(17(21)10-13)26-6-5-22/h2-4,7-10H,6H2,1H3,(H,24,25)/b14-8-. The third-order valence-corrected chi connectivity index (χ3v) is 4.86. The highest BCUT2D eigenvalue weighted by Gasteiger charge is 2.12. The largest absolute Gasteiger partial charge is 0.477 e. The molecule has 0 unspecified atom stereocenters. The van der Waals surface area contributed by atoms with E-state index in [1.165, 1.54) is 6.08 Å². The first-order chi connectivity index (χ1) is 12.4. The van der Waals surface area contributed by atoms with E-state index in [0.717, 1.165) is 12.7 Å². The molecule has 0 heterocycles. The molecule has 0 atom stereocenters. The highest BCUT2D eigenvalue weighted by atomic mass is 127. The maximum absolute atomic E-state index is 12.4. The molecule has 0 bridgehead atoms. The van der Waals surface area contributed by atoms with E-state index in [1.807, 2.05) is 37.3 Å². The molecule has 0 radical (unpaired) electrons. The van der Waals surface area contributed by atoms with Crippen molar-refractivity contribution in [3.05, 3.63) is 60.2 Å². The zero-order chi connectivity index (χ0) is 19.1. The Balaban J connectivity index is 2.27. The fourth-order valence-electron chi connectivity index (χ4n) is 2.14. The zero-order valence-electron chi connectivity index (χ0n) is 13.7. The van der Waals surface area contributed by atoms with Gasteiger partial charge in [-0.3, -0.25) is 4.79 Å². The van der Waals surface area contributed by atoms with Crippen molar-refractivity contribution in [1.82, 2.24) is 0 Å². The predicted octanol–water partition coefficient (Wildman–Crippen LogP) is 4.65.